The van der Waals surface area contributed by atoms with E-state index in [0.717, 1.165) is 5.56 Å². The number of aromatic amines is 1. The molecule has 0 spiro atoms. The summed E-state index contributed by atoms with van der Waals surface area (Å²) >= 11 is 0. The highest BCUT2D eigenvalue weighted by molar-refractivity contribution is 5.67. The first-order chi connectivity index (χ1) is 10.1. The molecule has 2 rings (SSSR count). The first kappa shape index (κ1) is 14.6. The molecule has 0 radical (unpaired) electrons. The lowest BCUT2D eigenvalue weighted by Gasteiger charge is -2.03. The Labute approximate surface area is 121 Å². The Bertz CT molecular complexity index is 721. The van der Waals surface area contributed by atoms with Crippen LogP contribution in [0.2, 0.25) is 0 Å². The molecule has 6 heteroatoms. The molecule has 0 fully saturated rings. The van der Waals surface area contributed by atoms with Gasteiger partial charge < -0.3 is 10.1 Å². The predicted molar refractivity (Wildman–Crippen MR) is 78.7 cm³/mol. The Kier molecular flexibility index (Phi) is 4.61. The van der Waals surface area contributed by atoms with Crippen molar-refractivity contribution in [2.75, 3.05) is 0 Å². The van der Waals surface area contributed by atoms with Crippen molar-refractivity contribution in [2.24, 2.45) is 0 Å². The molecule has 6 nitrogen and oxygen atoms in total. The molecule has 108 valence electrons. The molecule has 0 atom stereocenters. The summed E-state index contributed by atoms with van der Waals surface area (Å²) in [6, 6.07) is 3.70. The third-order valence-electron chi connectivity index (χ3n) is 2.95. The van der Waals surface area contributed by atoms with Gasteiger partial charge in [0.05, 0.1) is 0 Å². The van der Waals surface area contributed by atoms with Crippen molar-refractivity contribution in [3.63, 3.8) is 0 Å². The van der Waals surface area contributed by atoms with E-state index < -0.39 is 5.97 Å². The lowest BCUT2D eigenvalue weighted by Crippen LogP contribution is -2.18. The maximum atomic E-state index is 11.9. The molecule has 0 unspecified atom stereocenters. The minimum atomic E-state index is -0.936. The second kappa shape index (κ2) is 6.60. The second-order valence-electron chi connectivity index (χ2n) is 4.53. The van der Waals surface area contributed by atoms with E-state index in [1.54, 1.807) is 31.5 Å². The number of aryl methyl sites for hydroxylation is 1. The predicted octanol–water partition coefficient (Wildman–Crippen LogP) is 1.66. The number of carboxylic acids is 1. The number of nitrogens with zero attached hydrogens (tertiary/aromatic N) is 2. The van der Waals surface area contributed by atoms with Gasteiger partial charge in [-0.15, -0.1) is 0 Å². The van der Waals surface area contributed by atoms with Crippen LogP contribution in [0.15, 0.2) is 29.3 Å². The van der Waals surface area contributed by atoms with E-state index in [-0.39, 0.29) is 18.4 Å². The second-order valence-corrected chi connectivity index (χ2v) is 4.53. The highest BCUT2D eigenvalue weighted by Gasteiger charge is 2.09. The molecule has 2 heterocycles. The first-order valence-corrected chi connectivity index (χ1v) is 6.46. The van der Waals surface area contributed by atoms with Gasteiger partial charge >= 0.3 is 5.97 Å². The largest absolute Gasteiger partial charge is 0.481 e. The molecule has 21 heavy (non-hydrogen) atoms. The van der Waals surface area contributed by atoms with Gasteiger partial charge in [-0.2, -0.15) is 0 Å². The SMILES string of the molecule is Cc1nc(/C=C/c2cccnc2)[nH]c(=O)c1CCC(=O)O. The number of carbonyl (C=O) groups is 1. The van der Waals surface area contributed by atoms with E-state index in [0.29, 0.717) is 17.1 Å². The number of hydrogen-bond donors (Lipinski definition) is 2. The molecule has 0 aromatic carbocycles. The van der Waals surface area contributed by atoms with Crippen molar-refractivity contribution in [3.05, 3.63) is 57.5 Å². The first-order valence-electron chi connectivity index (χ1n) is 6.46. The van der Waals surface area contributed by atoms with Crippen LogP contribution >= 0.6 is 0 Å². The van der Waals surface area contributed by atoms with Crippen LogP contribution in [0, 0.1) is 6.92 Å². The number of carboxylic acid groups (broad SMARTS) is 1. The van der Waals surface area contributed by atoms with Gasteiger partial charge in [0.15, 0.2) is 0 Å². The summed E-state index contributed by atoms with van der Waals surface area (Å²) in [5.74, 6) is -0.505. The van der Waals surface area contributed by atoms with Gasteiger partial charge in [-0.1, -0.05) is 6.07 Å². The standard InChI is InChI=1S/C15H15N3O3/c1-10-12(5-7-14(19)20)15(21)18-13(17-10)6-4-11-3-2-8-16-9-11/h2-4,6,8-9H,5,7H2,1H3,(H,19,20)(H,17,18,21)/b6-4+. The van der Waals surface area contributed by atoms with Gasteiger partial charge in [-0.3, -0.25) is 14.6 Å². The number of pyridine rings is 1. The van der Waals surface area contributed by atoms with Crippen molar-refractivity contribution in [2.45, 2.75) is 19.8 Å². The lowest BCUT2D eigenvalue weighted by molar-refractivity contribution is -0.136. The fourth-order valence-electron chi connectivity index (χ4n) is 1.89. The van der Waals surface area contributed by atoms with Crippen molar-refractivity contribution < 1.29 is 9.90 Å². The zero-order chi connectivity index (χ0) is 15.2. The quantitative estimate of drug-likeness (QED) is 0.871. The topological polar surface area (TPSA) is 95.9 Å². The van der Waals surface area contributed by atoms with E-state index in [4.69, 9.17) is 5.11 Å². The van der Waals surface area contributed by atoms with Gasteiger partial charge in [0.1, 0.15) is 5.82 Å². The van der Waals surface area contributed by atoms with Crippen LogP contribution < -0.4 is 5.56 Å². The van der Waals surface area contributed by atoms with Gasteiger partial charge in [0.2, 0.25) is 0 Å². The van der Waals surface area contributed by atoms with Gasteiger partial charge in [-0.05, 0) is 37.1 Å². The maximum Gasteiger partial charge on any atom is 0.303 e. The lowest BCUT2D eigenvalue weighted by atomic mass is 10.1. The van der Waals surface area contributed by atoms with Crippen LogP contribution in [0.25, 0.3) is 12.2 Å². The molecular weight excluding hydrogens is 270 g/mol. The van der Waals surface area contributed by atoms with Crippen molar-refractivity contribution >= 4 is 18.1 Å². The molecule has 2 aromatic heterocycles. The van der Waals surface area contributed by atoms with Crippen molar-refractivity contribution in [1.29, 1.82) is 0 Å². The molecule has 0 saturated carbocycles. The average molecular weight is 285 g/mol. The van der Waals surface area contributed by atoms with Crippen LogP contribution in [-0.4, -0.2) is 26.0 Å². The molecule has 0 aliphatic heterocycles. The smallest absolute Gasteiger partial charge is 0.303 e. The van der Waals surface area contributed by atoms with Crippen LogP contribution in [0.1, 0.15) is 29.1 Å². The molecule has 2 N–H and O–H groups in total. The van der Waals surface area contributed by atoms with Crippen LogP contribution in [-0.2, 0) is 11.2 Å². The summed E-state index contributed by atoms with van der Waals surface area (Å²) in [6.07, 6.45) is 6.95. The van der Waals surface area contributed by atoms with Crippen molar-refractivity contribution in [1.82, 2.24) is 15.0 Å². The minimum absolute atomic E-state index is 0.0868. The molecule has 0 saturated heterocycles. The zero-order valence-corrected chi connectivity index (χ0v) is 11.5. The third-order valence-corrected chi connectivity index (χ3v) is 2.95. The highest BCUT2D eigenvalue weighted by atomic mass is 16.4. The van der Waals surface area contributed by atoms with E-state index in [2.05, 4.69) is 15.0 Å². The molecule has 0 aliphatic rings. The fraction of sp³-hybridized carbons (Fsp3) is 0.200. The summed E-state index contributed by atoms with van der Waals surface area (Å²) in [6.45, 7) is 1.70. The van der Waals surface area contributed by atoms with Crippen LogP contribution in [0.3, 0.4) is 0 Å². The number of H-pyrrole nitrogens is 1. The Morgan fingerprint density at radius 1 is 1.43 bits per heavy atom. The number of rotatable bonds is 5. The van der Waals surface area contributed by atoms with E-state index in [1.807, 2.05) is 12.1 Å². The number of aromatic nitrogens is 3. The Balaban J connectivity index is 2.22. The van der Waals surface area contributed by atoms with Gasteiger partial charge in [0, 0.05) is 30.1 Å². The molecule has 2 aromatic rings. The summed E-state index contributed by atoms with van der Waals surface area (Å²) in [5.41, 5.74) is 1.56. The number of hydrogen-bond acceptors (Lipinski definition) is 4. The zero-order valence-electron chi connectivity index (χ0n) is 11.5. The van der Waals surface area contributed by atoms with Gasteiger partial charge in [-0.25, -0.2) is 4.98 Å². The van der Waals surface area contributed by atoms with Gasteiger partial charge in [0.25, 0.3) is 5.56 Å². The minimum Gasteiger partial charge on any atom is -0.481 e. The molecular formula is C15H15N3O3. The van der Waals surface area contributed by atoms with E-state index in [9.17, 15) is 9.59 Å². The summed E-state index contributed by atoms with van der Waals surface area (Å²) in [4.78, 5) is 33.4. The summed E-state index contributed by atoms with van der Waals surface area (Å²) in [5, 5.41) is 8.67. The van der Waals surface area contributed by atoms with Crippen LogP contribution in [0.4, 0.5) is 0 Å². The van der Waals surface area contributed by atoms with Crippen LogP contribution in [0.5, 0.6) is 0 Å². The Morgan fingerprint density at radius 3 is 2.86 bits per heavy atom. The molecule has 0 amide bonds. The van der Waals surface area contributed by atoms with Crippen molar-refractivity contribution in [3.8, 4) is 0 Å². The normalized spacial score (nSPS) is 10.9. The highest BCUT2D eigenvalue weighted by Crippen LogP contribution is 2.06. The summed E-state index contributed by atoms with van der Waals surface area (Å²) < 4.78 is 0. The number of aliphatic carboxylic acids is 1. The average Bonchev–Trinajstić information content (AvgIpc) is 2.45. The maximum absolute atomic E-state index is 11.9. The monoisotopic (exact) mass is 285 g/mol. The Hall–Kier alpha value is -2.76. The van der Waals surface area contributed by atoms with E-state index in [1.165, 1.54) is 0 Å². The van der Waals surface area contributed by atoms with E-state index >= 15 is 0 Å². The molecule has 0 aliphatic carbocycles. The summed E-state index contributed by atoms with van der Waals surface area (Å²) in [7, 11) is 0. The third kappa shape index (κ3) is 4.10. The Morgan fingerprint density at radius 2 is 2.24 bits per heavy atom. The molecule has 0 bridgehead atoms. The fourth-order valence-corrected chi connectivity index (χ4v) is 1.89. The number of nitrogens with one attached hydrogen (secondary N) is 1.